The number of imidazole rings is 1. The van der Waals surface area contributed by atoms with Crippen LogP contribution in [0, 0.1) is 0 Å². The van der Waals surface area contributed by atoms with E-state index < -0.39 is 0 Å². The predicted octanol–water partition coefficient (Wildman–Crippen LogP) is 5.27. The molecule has 3 aromatic carbocycles. The van der Waals surface area contributed by atoms with Gasteiger partial charge in [-0.1, -0.05) is 32.0 Å². The van der Waals surface area contributed by atoms with Gasteiger partial charge in [-0.3, -0.25) is 14.8 Å². The second-order valence-corrected chi connectivity index (χ2v) is 10.2. The number of aromatic nitrogens is 4. The highest BCUT2D eigenvalue weighted by Crippen LogP contribution is 2.28. The number of benzene rings is 3. The van der Waals surface area contributed by atoms with Crippen molar-refractivity contribution in [3.63, 3.8) is 0 Å². The molecule has 0 unspecified atom stereocenters. The first-order valence-electron chi connectivity index (χ1n) is 13.6. The van der Waals surface area contributed by atoms with Crippen LogP contribution in [0.5, 0.6) is 5.88 Å². The van der Waals surface area contributed by atoms with E-state index in [0.717, 1.165) is 60.5 Å². The summed E-state index contributed by atoms with van der Waals surface area (Å²) in [5, 5.41) is 14.6. The lowest BCUT2D eigenvalue weighted by Crippen LogP contribution is -2.38. The van der Waals surface area contributed by atoms with E-state index in [-0.39, 0.29) is 5.91 Å². The van der Waals surface area contributed by atoms with Crippen molar-refractivity contribution >= 4 is 45.2 Å². The van der Waals surface area contributed by atoms with Crippen LogP contribution in [0.3, 0.4) is 0 Å². The molecular weight excluding hydrogens is 506 g/mol. The molecule has 5 aromatic rings. The number of carbonyl (C=O) groups excluding carboxylic acids is 1. The zero-order valence-corrected chi connectivity index (χ0v) is 22.7. The third-order valence-corrected chi connectivity index (χ3v) is 7.12. The third kappa shape index (κ3) is 5.63. The van der Waals surface area contributed by atoms with Crippen molar-refractivity contribution < 1.29 is 14.3 Å². The van der Waals surface area contributed by atoms with Gasteiger partial charge in [0.15, 0.2) is 0 Å². The Bertz CT molecular complexity index is 1640. The molecule has 6 rings (SSSR count). The molecule has 40 heavy (non-hydrogen) atoms. The number of carbonyl (C=O) groups is 1. The van der Waals surface area contributed by atoms with Gasteiger partial charge >= 0.3 is 0 Å². The highest BCUT2D eigenvalue weighted by molar-refractivity contribution is 6.06. The molecular formula is C30H33N7O3. The monoisotopic (exact) mass is 539 g/mol. The number of hydrogen-bond acceptors (Lipinski definition) is 7. The van der Waals surface area contributed by atoms with Crippen molar-refractivity contribution in [3.05, 3.63) is 71.8 Å². The van der Waals surface area contributed by atoms with Crippen molar-refractivity contribution in [3.8, 4) is 5.88 Å². The first-order valence-corrected chi connectivity index (χ1v) is 13.6. The molecule has 0 atom stereocenters. The van der Waals surface area contributed by atoms with Gasteiger partial charge in [-0.25, -0.2) is 4.98 Å². The molecule has 0 aliphatic carbocycles. The van der Waals surface area contributed by atoms with Crippen LogP contribution in [-0.2, 0) is 4.74 Å². The van der Waals surface area contributed by atoms with E-state index in [2.05, 4.69) is 55.6 Å². The number of nitrogens with one attached hydrogen (secondary N) is 4. The van der Waals surface area contributed by atoms with Crippen LogP contribution in [0.25, 0.3) is 21.9 Å². The maximum absolute atomic E-state index is 13.1. The lowest BCUT2D eigenvalue weighted by Gasteiger charge is -2.26. The normalized spacial score (nSPS) is 14.2. The Morgan fingerprint density at radius 1 is 1.07 bits per heavy atom. The number of rotatable bonds is 9. The molecule has 1 aliphatic rings. The van der Waals surface area contributed by atoms with Gasteiger partial charge in [-0.2, -0.15) is 0 Å². The van der Waals surface area contributed by atoms with E-state index in [1.165, 1.54) is 5.56 Å². The molecule has 0 radical (unpaired) electrons. The number of morpholine rings is 1. The summed E-state index contributed by atoms with van der Waals surface area (Å²) in [7, 11) is 0. The molecule has 0 spiro atoms. The number of anilines is 3. The van der Waals surface area contributed by atoms with Crippen molar-refractivity contribution in [2.24, 2.45) is 0 Å². The van der Waals surface area contributed by atoms with E-state index in [1.807, 2.05) is 48.5 Å². The summed E-state index contributed by atoms with van der Waals surface area (Å²) in [5.74, 6) is 1.36. The Balaban J connectivity index is 1.11. The highest BCUT2D eigenvalue weighted by Gasteiger charge is 2.14. The number of H-pyrrole nitrogens is 2. The number of hydrogen-bond donors (Lipinski definition) is 4. The summed E-state index contributed by atoms with van der Waals surface area (Å²) < 4.78 is 11.3. The highest BCUT2D eigenvalue weighted by atomic mass is 16.5. The minimum absolute atomic E-state index is 0.211. The Morgan fingerprint density at radius 2 is 1.93 bits per heavy atom. The Kier molecular flexibility index (Phi) is 7.35. The molecule has 1 fully saturated rings. The predicted molar refractivity (Wildman–Crippen MR) is 157 cm³/mol. The molecule has 0 bridgehead atoms. The number of ether oxygens (including phenoxy) is 2. The van der Waals surface area contributed by atoms with Gasteiger partial charge in [0.2, 0.25) is 11.8 Å². The fourth-order valence-electron chi connectivity index (χ4n) is 4.93. The van der Waals surface area contributed by atoms with Gasteiger partial charge in [0.25, 0.3) is 5.91 Å². The molecule has 3 heterocycles. The molecule has 1 aliphatic heterocycles. The zero-order valence-electron chi connectivity index (χ0n) is 22.7. The van der Waals surface area contributed by atoms with Gasteiger partial charge in [0, 0.05) is 36.6 Å². The number of fused-ring (bicyclic) bond motifs is 2. The Morgan fingerprint density at radius 3 is 2.77 bits per heavy atom. The molecule has 1 saturated heterocycles. The van der Waals surface area contributed by atoms with Crippen molar-refractivity contribution in [2.75, 3.05) is 50.1 Å². The summed E-state index contributed by atoms with van der Waals surface area (Å²) in [4.78, 5) is 23.3. The number of aromatic amines is 2. The lowest BCUT2D eigenvalue weighted by atomic mass is 10.0. The summed E-state index contributed by atoms with van der Waals surface area (Å²) in [6, 6.07) is 19.2. The van der Waals surface area contributed by atoms with Crippen molar-refractivity contribution in [1.82, 2.24) is 25.1 Å². The van der Waals surface area contributed by atoms with Crippen molar-refractivity contribution in [2.45, 2.75) is 19.8 Å². The quantitative estimate of drug-likeness (QED) is 0.201. The van der Waals surface area contributed by atoms with Crippen LogP contribution in [-0.4, -0.2) is 70.4 Å². The van der Waals surface area contributed by atoms with Gasteiger partial charge in [0.1, 0.15) is 6.61 Å². The van der Waals surface area contributed by atoms with E-state index in [9.17, 15) is 4.79 Å². The van der Waals surface area contributed by atoms with Gasteiger partial charge < -0.3 is 25.1 Å². The van der Waals surface area contributed by atoms with Gasteiger partial charge in [0.05, 0.1) is 35.2 Å². The van der Waals surface area contributed by atoms with Crippen LogP contribution >= 0.6 is 0 Å². The van der Waals surface area contributed by atoms with Crippen LogP contribution in [0.15, 0.2) is 60.7 Å². The zero-order chi connectivity index (χ0) is 27.5. The van der Waals surface area contributed by atoms with E-state index >= 15 is 0 Å². The number of para-hydroxylation sites is 1. The fraction of sp³-hybridized carbons (Fsp3) is 0.300. The summed E-state index contributed by atoms with van der Waals surface area (Å²) in [6.07, 6.45) is 0. The maximum atomic E-state index is 13.1. The summed E-state index contributed by atoms with van der Waals surface area (Å²) in [6.45, 7) is 9.08. The lowest BCUT2D eigenvalue weighted by molar-refractivity contribution is 0.0321. The SMILES string of the molecule is CC(C)c1ccccc1Nc1nc2ccc(C(=O)Nc3ccc4c(OCCN5CCOCC5)n[nH]c4c3)cc2[nH]1. The molecule has 4 N–H and O–H groups in total. The topological polar surface area (TPSA) is 120 Å². The van der Waals surface area contributed by atoms with Gasteiger partial charge in [-0.05, 0) is 53.9 Å². The van der Waals surface area contributed by atoms with Crippen molar-refractivity contribution in [1.29, 1.82) is 0 Å². The third-order valence-electron chi connectivity index (χ3n) is 7.12. The molecule has 10 heteroatoms. The van der Waals surface area contributed by atoms with Crippen LogP contribution in [0.2, 0.25) is 0 Å². The van der Waals surface area contributed by atoms with Crippen LogP contribution in [0.4, 0.5) is 17.3 Å². The summed E-state index contributed by atoms with van der Waals surface area (Å²) in [5.41, 5.74) is 5.76. The first kappa shape index (κ1) is 25.8. The van der Waals surface area contributed by atoms with E-state index in [4.69, 9.17) is 9.47 Å². The van der Waals surface area contributed by atoms with E-state index in [0.29, 0.717) is 35.6 Å². The number of amides is 1. The second kappa shape index (κ2) is 11.4. The first-order chi connectivity index (χ1) is 19.5. The average molecular weight is 540 g/mol. The standard InChI is InChI=1S/C30H33N7O3/c1-19(2)22-5-3-4-6-24(22)32-30-33-25-10-7-20(17-27(25)34-30)28(38)31-21-8-9-23-26(18-21)35-36-29(23)40-16-13-37-11-14-39-15-12-37/h3-10,17-19H,11-16H2,1-2H3,(H,31,38)(H,35,36)(H2,32,33,34). The maximum Gasteiger partial charge on any atom is 0.255 e. The van der Waals surface area contributed by atoms with Crippen LogP contribution < -0.4 is 15.4 Å². The minimum atomic E-state index is -0.211. The average Bonchev–Trinajstić information content (AvgIpc) is 3.56. The van der Waals surface area contributed by atoms with Gasteiger partial charge in [-0.15, -0.1) is 5.10 Å². The molecule has 0 saturated carbocycles. The van der Waals surface area contributed by atoms with E-state index in [1.54, 1.807) is 6.07 Å². The summed E-state index contributed by atoms with van der Waals surface area (Å²) >= 11 is 0. The fourth-order valence-corrected chi connectivity index (χ4v) is 4.93. The smallest absolute Gasteiger partial charge is 0.255 e. The number of nitrogens with zero attached hydrogens (tertiary/aromatic N) is 3. The Labute approximate surface area is 232 Å². The Hall–Kier alpha value is -4.41. The minimum Gasteiger partial charge on any atom is -0.475 e. The molecule has 206 valence electrons. The second-order valence-electron chi connectivity index (χ2n) is 10.2. The molecule has 10 nitrogen and oxygen atoms in total. The molecule has 2 aromatic heterocycles. The molecule has 1 amide bonds. The largest absolute Gasteiger partial charge is 0.475 e. The van der Waals surface area contributed by atoms with Crippen LogP contribution in [0.1, 0.15) is 35.7 Å².